The lowest BCUT2D eigenvalue weighted by molar-refractivity contribution is 0.315. The Hall–Kier alpha value is -0.410. The molecule has 3 heteroatoms. The molecule has 1 N–H and O–H groups in total. The van der Waals surface area contributed by atoms with Crippen LogP contribution in [0.15, 0.2) is 6.20 Å². The Kier molecular flexibility index (Phi) is 4.12. The van der Waals surface area contributed by atoms with Gasteiger partial charge in [0, 0.05) is 29.6 Å². The molecule has 0 bridgehead atoms. The minimum Gasteiger partial charge on any atom is -0.311 e. The van der Waals surface area contributed by atoms with Gasteiger partial charge in [-0.25, -0.2) is 4.98 Å². The molecule has 0 amide bonds. The van der Waals surface area contributed by atoms with E-state index in [0.717, 1.165) is 13.1 Å². The zero-order valence-corrected chi connectivity index (χ0v) is 13.0. The van der Waals surface area contributed by atoms with E-state index in [1.54, 1.807) is 0 Å². The van der Waals surface area contributed by atoms with E-state index in [1.165, 1.54) is 35.6 Å². The number of nitrogens with zero attached hydrogens (tertiary/aromatic N) is 1. The summed E-state index contributed by atoms with van der Waals surface area (Å²) in [5.74, 6) is 0. The molecule has 1 aromatic heterocycles. The van der Waals surface area contributed by atoms with Gasteiger partial charge in [0.25, 0.3) is 0 Å². The van der Waals surface area contributed by atoms with E-state index >= 15 is 0 Å². The molecule has 2 nitrogen and oxygen atoms in total. The Morgan fingerprint density at radius 3 is 2.56 bits per heavy atom. The Labute approximate surface area is 115 Å². The average Bonchev–Trinajstić information content (AvgIpc) is 2.87. The SMILES string of the molecule is CC1(CNCc2cnc(C(C)(C)C)s2)CCCC1. The number of thiazole rings is 1. The molecule has 1 aromatic rings. The summed E-state index contributed by atoms with van der Waals surface area (Å²) in [4.78, 5) is 5.90. The quantitative estimate of drug-likeness (QED) is 0.887. The van der Waals surface area contributed by atoms with Crippen molar-refractivity contribution in [2.45, 2.75) is 65.3 Å². The fourth-order valence-corrected chi connectivity index (χ4v) is 3.57. The van der Waals surface area contributed by atoms with Gasteiger partial charge in [0.1, 0.15) is 0 Å². The maximum Gasteiger partial charge on any atom is 0.0981 e. The smallest absolute Gasteiger partial charge is 0.0981 e. The minimum absolute atomic E-state index is 0.181. The second kappa shape index (κ2) is 5.30. The molecule has 102 valence electrons. The van der Waals surface area contributed by atoms with Crippen LogP contribution in [0.3, 0.4) is 0 Å². The lowest BCUT2D eigenvalue weighted by Crippen LogP contribution is -2.28. The molecule has 1 aliphatic rings. The largest absolute Gasteiger partial charge is 0.311 e. The second-order valence-corrected chi connectivity index (χ2v) is 8.12. The van der Waals surface area contributed by atoms with Gasteiger partial charge < -0.3 is 5.32 Å². The number of hydrogen-bond acceptors (Lipinski definition) is 3. The number of hydrogen-bond donors (Lipinski definition) is 1. The molecule has 0 aromatic carbocycles. The summed E-state index contributed by atoms with van der Waals surface area (Å²) in [5.41, 5.74) is 0.720. The molecule has 0 radical (unpaired) electrons. The molecule has 18 heavy (non-hydrogen) atoms. The molecule has 2 rings (SSSR count). The van der Waals surface area contributed by atoms with Gasteiger partial charge in [-0.3, -0.25) is 0 Å². The molecule has 0 unspecified atom stereocenters. The zero-order valence-electron chi connectivity index (χ0n) is 12.2. The van der Waals surface area contributed by atoms with Crippen LogP contribution in [0.5, 0.6) is 0 Å². The van der Waals surface area contributed by atoms with E-state index < -0.39 is 0 Å². The molecular weight excluding hydrogens is 240 g/mol. The van der Waals surface area contributed by atoms with E-state index in [0.29, 0.717) is 5.41 Å². The van der Waals surface area contributed by atoms with Crippen molar-refractivity contribution < 1.29 is 0 Å². The Bertz CT molecular complexity index is 383. The van der Waals surface area contributed by atoms with Crippen molar-refractivity contribution in [2.75, 3.05) is 6.54 Å². The van der Waals surface area contributed by atoms with Gasteiger partial charge in [0.05, 0.1) is 5.01 Å². The highest BCUT2D eigenvalue weighted by molar-refractivity contribution is 7.11. The van der Waals surface area contributed by atoms with Crippen LogP contribution in [-0.2, 0) is 12.0 Å². The minimum atomic E-state index is 0.181. The third-order valence-corrected chi connectivity index (χ3v) is 5.28. The van der Waals surface area contributed by atoms with Gasteiger partial charge in [-0.15, -0.1) is 11.3 Å². The van der Waals surface area contributed by atoms with Crippen LogP contribution in [0.4, 0.5) is 0 Å². The van der Waals surface area contributed by atoms with Crippen molar-refractivity contribution in [1.82, 2.24) is 10.3 Å². The fraction of sp³-hybridized carbons (Fsp3) is 0.800. The standard InChI is InChI=1S/C15H26N2S/c1-14(2,3)13-17-10-12(18-13)9-16-11-15(4)7-5-6-8-15/h10,16H,5-9,11H2,1-4H3. The summed E-state index contributed by atoms with van der Waals surface area (Å²) in [6.45, 7) is 11.2. The summed E-state index contributed by atoms with van der Waals surface area (Å²) in [6.07, 6.45) is 7.63. The maximum atomic E-state index is 4.53. The van der Waals surface area contributed by atoms with Crippen LogP contribution in [-0.4, -0.2) is 11.5 Å². The summed E-state index contributed by atoms with van der Waals surface area (Å²) < 4.78 is 0. The van der Waals surface area contributed by atoms with E-state index in [-0.39, 0.29) is 5.41 Å². The summed E-state index contributed by atoms with van der Waals surface area (Å²) >= 11 is 1.85. The average molecular weight is 266 g/mol. The first-order chi connectivity index (χ1) is 8.39. The first-order valence-corrected chi connectivity index (χ1v) is 7.87. The predicted octanol–water partition coefficient (Wildman–Crippen LogP) is 4.11. The van der Waals surface area contributed by atoms with Crippen molar-refractivity contribution in [2.24, 2.45) is 5.41 Å². The molecular formula is C15H26N2S. The monoisotopic (exact) mass is 266 g/mol. The molecule has 1 aliphatic carbocycles. The molecule has 1 heterocycles. The molecule has 1 saturated carbocycles. The lowest BCUT2D eigenvalue weighted by atomic mass is 9.89. The number of aromatic nitrogens is 1. The Morgan fingerprint density at radius 1 is 1.33 bits per heavy atom. The Balaban J connectivity index is 1.82. The normalized spacial score (nSPS) is 19.3. The third-order valence-electron chi connectivity index (χ3n) is 3.86. The first kappa shape index (κ1) is 14.0. The highest BCUT2D eigenvalue weighted by atomic mass is 32.1. The zero-order chi connectivity index (χ0) is 13.2. The highest BCUT2D eigenvalue weighted by Gasteiger charge is 2.28. The van der Waals surface area contributed by atoms with E-state index in [4.69, 9.17) is 0 Å². The molecule has 0 aliphatic heterocycles. The Morgan fingerprint density at radius 2 is 2.00 bits per heavy atom. The van der Waals surface area contributed by atoms with Crippen molar-refractivity contribution in [3.8, 4) is 0 Å². The van der Waals surface area contributed by atoms with Crippen LogP contribution in [0.2, 0.25) is 0 Å². The van der Waals surface area contributed by atoms with Crippen molar-refractivity contribution in [3.63, 3.8) is 0 Å². The molecule has 0 spiro atoms. The predicted molar refractivity (Wildman–Crippen MR) is 79.1 cm³/mol. The van der Waals surface area contributed by atoms with E-state index in [2.05, 4.69) is 38.0 Å². The third kappa shape index (κ3) is 3.55. The number of rotatable bonds is 4. The molecule has 0 atom stereocenters. The van der Waals surface area contributed by atoms with Crippen LogP contribution in [0.25, 0.3) is 0 Å². The van der Waals surface area contributed by atoms with Gasteiger partial charge in [0.15, 0.2) is 0 Å². The molecule has 1 fully saturated rings. The van der Waals surface area contributed by atoms with Gasteiger partial charge in [-0.05, 0) is 18.3 Å². The van der Waals surface area contributed by atoms with Crippen LogP contribution in [0.1, 0.15) is 63.3 Å². The van der Waals surface area contributed by atoms with Crippen molar-refractivity contribution in [3.05, 3.63) is 16.1 Å². The topological polar surface area (TPSA) is 24.9 Å². The van der Waals surface area contributed by atoms with Crippen LogP contribution < -0.4 is 5.32 Å². The van der Waals surface area contributed by atoms with E-state index in [9.17, 15) is 0 Å². The van der Waals surface area contributed by atoms with Gasteiger partial charge in [-0.2, -0.15) is 0 Å². The maximum absolute atomic E-state index is 4.53. The van der Waals surface area contributed by atoms with Gasteiger partial charge in [-0.1, -0.05) is 40.5 Å². The number of nitrogens with one attached hydrogen (secondary N) is 1. The van der Waals surface area contributed by atoms with E-state index in [1.807, 2.05) is 17.5 Å². The second-order valence-electron chi connectivity index (χ2n) is 7.00. The first-order valence-electron chi connectivity index (χ1n) is 7.05. The van der Waals surface area contributed by atoms with Crippen molar-refractivity contribution >= 4 is 11.3 Å². The van der Waals surface area contributed by atoms with Gasteiger partial charge in [0.2, 0.25) is 0 Å². The summed E-state index contributed by atoms with van der Waals surface area (Å²) in [7, 11) is 0. The van der Waals surface area contributed by atoms with Crippen LogP contribution >= 0.6 is 11.3 Å². The summed E-state index contributed by atoms with van der Waals surface area (Å²) in [5, 5.41) is 4.86. The van der Waals surface area contributed by atoms with Crippen molar-refractivity contribution in [1.29, 1.82) is 0 Å². The molecule has 0 saturated heterocycles. The van der Waals surface area contributed by atoms with Crippen LogP contribution in [0, 0.1) is 5.41 Å². The fourth-order valence-electron chi connectivity index (χ4n) is 2.63. The highest BCUT2D eigenvalue weighted by Crippen LogP contribution is 2.36. The summed E-state index contributed by atoms with van der Waals surface area (Å²) in [6, 6.07) is 0. The lowest BCUT2D eigenvalue weighted by Gasteiger charge is -2.23. The van der Waals surface area contributed by atoms with Gasteiger partial charge >= 0.3 is 0 Å².